The molecule has 0 atom stereocenters. The van der Waals surface area contributed by atoms with E-state index in [1.54, 1.807) is 11.3 Å². The van der Waals surface area contributed by atoms with Gasteiger partial charge in [0, 0.05) is 15.8 Å². The Morgan fingerprint density at radius 2 is 1.96 bits per heavy atom. The van der Waals surface area contributed by atoms with Gasteiger partial charge in [-0.25, -0.2) is 4.79 Å². The Hall–Kier alpha value is -3.06. The fraction of sp³-hybridized carbons (Fsp3) is 0.158. The first-order valence-electron chi connectivity index (χ1n) is 8.14. The maximum atomic E-state index is 12.1. The van der Waals surface area contributed by atoms with Crippen molar-refractivity contribution in [2.24, 2.45) is 0 Å². The lowest BCUT2D eigenvalue weighted by atomic mass is 10.1. The SMILES string of the molecule is Cc1ccc(-c2nnn(CC(=O)OCc3csc4ccccc34)n2)cc1. The van der Waals surface area contributed by atoms with E-state index in [-0.39, 0.29) is 13.2 Å². The molecule has 0 unspecified atom stereocenters. The average molecular weight is 364 g/mol. The lowest BCUT2D eigenvalue weighted by Crippen LogP contribution is -2.15. The lowest BCUT2D eigenvalue weighted by molar-refractivity contribution is -0.146. The van der Waals surface area contributed by atoms with Crippen LogP contribution in [0.2, 0.25) is 0 Å². The third kappa shape index (κ3) is 3.48. The smallest absolute Gasteiger partial charge is 0.330 e. The zero-order valence-corrected chi connectivity index (χ0v) is 14.9. The largest absolute Gasteiger partial charge is 0.459 e. The van der Waals surface area contributed by atoms with E-state index in [0.29, 0.717) is 5.82 Å². The Balaban J connectivity index is 1.38. The minimum Gasteiger partial charge on any atom is -0.459 e. The molecule has 0 aliphatic carbocycles. The first kappa shape index (κ1) is 16.4. The van der Waals surface area contributed by atoms with E-state index in [4.69, 9.17) is 4.74 Å². The fourth-order valence-corrected chi connectivity index (χ4v) is 3.54. The summed E-state index contributed by atoms with van der Waals surface area (Å²) < 4.78 is 6.55. The van der Waals surface area contributed by atoms with Crippen molar-refractivity contribution in [1.82, 2.24) is 20.2 Å². The van der Waals surface area contributed by atoms with E-state index in [1.807, 2.05) is 54.8 Å². The van der Waals surface area contributed by atoms with Crippen LogP contribution in [-0.2, 0) is 22.7 Å². The molecule has 6 nitrogen and oxygen atoms in total. The first-order chi connectivity index (χ1) is 12.7. The van der Waals surface area contributed by atoms with Crippen LogP contribution in [-0.4, -0.2) is 26.2 Å². The highest BCUT2D eigenvalue weighted by Gasteiger charge is 2.11. The van der Waals surface area contributed by atoms with Gasteiger partial charge in [-0.2, -0.15) is 4.80 Å². The van der Waals surface area contributed by atoms with Gasteiger partial charge in [0.2, 0.25) is 5.82 Å². The summed E-state index contributed by atoms with van der Waals surface area (Å²) in [6, 6.07) is 15.9. The zero-order chi connectivity index (χ0) is 17.9. The number of nitrogens with zero attached hydrogens (tertiary/aromatic N) is 4. The van der Waals surface area contributed by atoms with Gasteiger partial charge in [0.05, 0.1) is 0 Å². The van der Waals surface area contributed by atoms with Gasteiger partial charge in [0.15, 0.2) is 6.54 Å². The van der Waals surface area contributed by atoms with Crippen molar-refractivity contribution in [3.63, 3.8) is 0 Å². The van der Waals surface area contributed by atoms with Crippen LogP contribution in [0.4, 0.5) is 0 Å². The maximum absolute atomic E-state index is 12.1. The molecule has 0 saturated heterocycles. The number of benzene rings is 2. The van der Waals surface area contributed by atoms with E-state index < -0.39 is 5.97 Å². The molecule has 130 valence electrons. The van der Waals surface area contributed by atoms with Gasteiger partial charge >= 0.3 is 5.97 Å². The van der Waals surface area contributed by atoms with Crippen molar-refractivity contribution in [2.75, 3.05) is 0 Å². The molecule has 26 heavy (non-hydrogen) atoms. The van der Waals surface area contributed by atoms with Crippen LogP contribution in [0, 0.1) is 6.92 Å². The summed E-state index contributed by atoms with van der Waals surface area (Å²) in [5.74, 6) is 0.0924. The Kier molecular flexibility index (Phi) is 4.45. The second-order valence-electron chi connectivity index (χ2n) is 5.93. The number of esters is 1. The molecule has 0 aliphatic heterocycles. The van der Waals surface area contributed by atoms with Crippen molar-refractivity contribution in [1.29, 1.82) is 0 Å². The molecule has 2 aromatic heterocycles. The van der Waals surface area contributed by atoms with Gasteiger partial charge in [-0.15, -0.1) is 21.5 Å². The second-order valence-corrected chi connectivity index (χ2v) is 6.84. The Bertz CT molecular complexity index is 1050. The van der Waals surface area contributed by atoms with Crippen molar-refractivity contribution >= 4 is 27.4 Å². The van der Waals surface area contributed by atoms with Gasteiger partial charge in [-0.1, -0.05) is 48.0 Å². The number of rotatable bonds is 5. The summed E-state index contributed by atoms with van der Waals surface area (Å²) in [6.07, 6.45) is 0. The van der Waals surface area contributed by atoms with Crippen LogP contribution in [0.5, 0.6) is 0 Å². The van der Waals surface area contributed by atoms with E-state index in [2.05, 4.69) is 21.5 Å². The second kappa shape index (κ2) is 7.05. The molecule has 0 bridgehead atoms. The molecule has 0 N–H and O–H groups in total. The standard InChI is InChI=1S/C19H16N4O2S/c1-13-6-8-14(9-7-13)19-20-22-23(21-19)10-18(24)25-11-15-12-26-17-5-3-2-4-16(15)17/h2-9,12H,10-11H2,1H3. The molecule has 0 aliphatic rings. The maximum Gasteiger partial charge on any atom is 0.330 e. The Morgan fingerprint density at radius 1 is 1.15 bits per heavy atom. The van der Waals surface area contributed by atoms with Gasteiger partial charge in [-0.05, 0) is 29.0 Å². The van der Waals surface area contributed by atoms with Crippen molar-refractivity contribution in [3.05, 3.63) is 65.0 Å². The van der Waals surface area contributed by atoms with E-state index >= 15 is 0 Å². The van der Waals surface area contributed by atoms with Gasteiger partial charge < -0.3 is 4.74 Å². The number of tetrazole rings is 1. The number of aromatic nitrogens is 4. The van der Waals surface area contributed by atoms with Crippen molar-refractivity contribution in [2.45, 2.75) is 20.1 Å². The van der Waals surface area contributed by atoms with Crippen molar-refractivity contribution < 1.29 is 9.53 Å². The summed E-state index contributed by atoms with van der Waals surface area (Å²) in [4.78, 5) is 13.3. The molecular formula is C19H16N4O2S. The lowest BCUT2D eigenvalue weighted by Gasteiger charge is -2.03. The van der Waals surface area contributed by atoms with E-state index in [9.17, 15) is 4.79 Å². The number of carbonyl (C=O) groups is 1. The van der Waals surface area contributed by atoms with E-state index in [0.717, 1.165) is 22.1 Å². The summed E-state index contributed by atoms with van der Waals surface area (Å²) in [5.41, 5.74) is 3.02. The number of ether oxygens (including phenoxy) is 1. The van der Waals surface area contributed by atoms with Crippen LogP contribution >= 0.6 is 11.3 Å². The highest BCUT2D eigenvalue weighted by Crippen LogP contribution is 2.26. The fourth-order valence-electron chi connectivity index (χ4n) is 2.59. The van der Waals surface area contributed by atoms with E-state index in [1.165, 1.54) is 9.50 Å². The summed E-state index contributed by atoms with van der Waals surface area (Å²) in [7, 11) is 0. The number of carbonyl (C=O) groups excluding carboxylic acids is 1. The van der Waals surface area contributed by atoms with Crippen molar-refractivity contribution in [3.8, 4) is 11.4 Å². The molecule has 2 heterocycles. The molecule has 0 spiro atoms. The number of hydrogen-bond donors (Lipinski definition) is 0. The molecular weight excluding hydrogens is 348 g/mol. The van der Waals surface area contributed by atoms with Gasteiger partial charge in [0.1, 0.15) is 6.61 Å². The van der Waals surface area contributed by atoms with Crippen LogP contribution in [0.3, 0.4) is 0 Å². The Morgan fingerprint density at radius 3 is 2.81 bits per heavy atom. The number of aryl methyl sites for hydroxylation is 1. The number of hydrogen-bond acceptors (Lipinski definition) is 6. The normalized spacial score (nSPS) is 11.0. The van der Waals surface area contributed by atoms with Crippen LogP contribution in [0.25, 0.3) is 21.5 Å². The molecule has 4 aromatic rings. The highest BCUT2D eigenvalue weighted by molar-refractivity contribution is 7.17. The molecule has 0 amide bonds. The van der Waals surface area contributed by atoms with Crippen LogP contribution in [0.1, 0.15) is 11.1 Å². The molecule has 0 fully saturated rings. The zero-order valence-electron chi connectivity index (χ0n) is 14.1. The molecule has 4 rings (SSSR count). The van der Waals surface area contributed by atoms with Gasteiger partial charge in [0.25, 0.3) is 0 Å². The van der Waals surface area contributed by atoms with Crippen LogP contribution < -0.4 is 0 Å². The highest BCUT2D eigenvalue weighted by atomic mass is 32.1. The minimum absolute atomic E-state index is 0.0685. The molecule has 0 saturated carbocycles. The summed E-state index contributed by atoms with van der Waals surface area (Å²) in [5, 5.41) is 15.3. The average Bonchev–Trinajstić information content (AvgIpc) is 3.28. The summed E-state index contributed by atoms with van der Waals surface area (Å²) >= 11 is 1.64. The quantitative estimate of drug-likeness (QED) is 0.506. The van der Waals surface area contributed by atoms with Crippen LogP contribution in [0.15, 0.2) is 53.9 Å². The Labute approximate surface area is 154 Å². The monoisotopic (exact) mass is 364 g/mol. The minimum atomic E-state index is -0.395. The third-order valence-electron chi connectivity index (χ3n) is 3.98. The predicted octanol–water partition coefficient (Wildman–Crippen LogP) is 3.61. The topological polar surface area (TPSA) is 69.9 Å². The first-order valence-corrected chi connectivity index (χ1v) is 9.02. The predicted molar refractivity (Wildman–Crippen MR) is 99.6 cm³/mol. The summed E-state index contributed by atoms with van der Waals surface area (Å²) in [6.45, 7) is 2.18. The van der Waals surface area contributed by atoms with Gasteiger partial charge in [-0.3, -0.25) is 0 Å². The molecule has 7 heteroatoms. The molecule has 0 radical (unpaired) electrons. The number of fused-ring (bicyclic) bond motifs is 1. The third-order valence-corrected chi connectivity index (χ3v) is 5.00. The molecule has 2 aromatic carbocycles. The number of thiophene rings is 1.